The summed E-state index contributed by atoms with van der Waals surface area (Å²) < 4.78 is 5.77. The molecule has 1 aliphatic heterocycles. The fourth-order valence-corrected chi connectivity index (χ4v) is 4.39. The molecule has 2 atom stereocenters. The van der Waals surface area contributed by atoms with Gasteiger partial charge in [0.1, 0.15) is 17.6 Å². The van der Waals surface area contributed by atoms with Gasteiger partial charge in [0, 0.05) is 0 Å². The Morgan fingerprint density at radius 1 is 1.23 bits per heavy atom. The van der Waals surface area contributed by atoms with Gasteiger partial charge in [-0.2, -0.15) is 5.26 Å². The second-order valence-corrected chi connectivity index (χ2v) is 9.51. The highest BCUT2D eigenvalue weighted by Gasteiger charge is 2.37. The number of hydrogen-bond donors (Lipinski definition) is 1. The summed E-state index contributed by atoms with van der Waals surface area (Å²) in [6.07, 6.45) is 1.93. The molecule has 0 spiro atoms. The zero-order valence-electron chi connectivity index (χ0n) is 18.8. The standard InChI is InChI=1S/C26H31NO3/c1-15-12-20(28)16(2)24(25(21(29)14-27)17(3)26(4,5)6)23(15)19-9-10-22-18(13-19)8-7-11-30-22/h9-10,12-13,17,25,28H,7-8,11H2,1-6H3. The molecule has 2 aromatic carbocycles. The van der Waals surface area contributed by atoms with Gasteiger partial charge < -0.3 is 9.84 Å². The average Bonchev–Trinajstić information content (AvgIpc) is 2.70. The van der Waals surface area contributed by atoms with Gasteiger partial charge in [0.2, 0.25) is 5.78 Å². The van der Waals surface area contributed by atoms with Crippen LogP contribution in [0.3, 0.4) is 0 Å². The molecule has 2 aromatic rings. The number of phenolic OH excluding ortho intramolecular Hbond substituents is 1. The molecule has 0 amide bonds. The smallest absolute Gasteiger partial charge is 0.239 e. The number of Topliss-reactive ketones (excluding diaryl/α,β-unsaturated/α-hetero) is 1. The van der Waals surface area contributed by atoms with Crippen molar-refractivity contribution in [2.75, 3.05) is 6.61 Å². The van der Waals surface area contributed by atoms with Crippen molar-refractivity contribution < 1.29 is 14.6 Å². The largest absolute Gasteiger partial charge is 0.508 e. The third-order valence-corrected chi connectivity index (χ3v) is 6.57. The second kappa shape index (κ2) is 8.14. The van der Waals surface area contributed by atoms with Crippen molar-refractivity contribution in [3.05, 3.63) is 46.5 Å². The van der Waals surface area contributed by atoms with Crippen LogP contribution in [0.5, 0.6) is 11.5 Å². The third-order valence-electron chi connectivity index (χ3n) is 6.57. The summed E-state index contributed by atoms with van der Waals surface area (Å²) in [4.78, 5) is 12.9. The highest BCUT2D eigenvalue weighted by Crippen LogP contribution is 2.46. The van der Waals surface area contributed by atoms with Gasteiger partial charge in [-0.15, -0.1) is 0 Å². The minimum Gasteiger partial charge on any atom is -0.508 e. The number of aryl methyl sites for hydroxylation is 2. The first-order valence-electron chi connectivity index (χ1n) is 10.6. The van der Waals surface area contributed by atoms with Crippen LogP contribution in [-0.2, 0) is 11.2 Å². The highest BCUT2D eigenvalue weighted by atomic mass is 16.5. The number of phenols is 1. The summed E-state index contributed by atoms with van der Waals surface area (Å²) in [5, 5.41) is 20.2. The van der Waals surface area contributed by atoms with Crippen LogP contribution in [-0.4, -0.2) is 17.5 Å². The van der Waals surface area contributed by atoms with E-state index in [1.165, 1.54) is 0 Å². The van der Waals surface area contributed by atoms with Gasteiger partial charge in [-0.1, -0.05) is 33.8 Å². The van der Waals surface area contributed by atoms with Crippen LogP contribution >= 0.6 is 0 Å². The average molecular weight is 406 g/mol. The van der Waals surface area contributed by atoms with Crippen molar-refractivity contribution >= 4 is 5.78 Å². The molecule has 158 valence electrons. The van der Waals surface area contributed by atoms with Crippen molar-refractivity contribution in [1.29, 1.82) is 5.26 Å². The summed E-state index contributed by atoms with van der Waals surface area (Å²) in [6.45, 7) is 12.8. The summed E-state index contributed by atoms with van der Waals surface area (Å²) in [5.74, 6) is -0.114. The number of rotatable bonds is 4. The maximum absolute atomic E-state index is 12.9. The van der Waals surface area contributed by atoms with Crippen molar-refractivity contribution in [3.8, 4) is 28.7 Å². The SMILES string of the molecule is Cc1cc(O)c(C)c(C(C(=O)C#N)C(C)C(C)(C)C)c1-c1ccc2c(c1)CCCO2. The van der Waals surface area contributed by atoms with Crippen LogP contribution in [0.25, 0.3) is 11.1 Å². The van der Waals surface area contributed by atoms with Gasteiger partial charge in [-0.25, -0.2) is 0 Å². The molecule has 2 unspecified atom stereocenters. The van der Waals surface area contributed by atoms with Gasteiger partial charge in [0.15, 0.2) is 0 Å². The van der Waals surface area contributed by atoms with Gasteiger partial charge >= 0.3 is 0 Å². The monoisotopic (exact) mass is 405 g/mol. The van der Waals surface area contributed by atoms with Crippen molar-refractivity contribution in [2.45, 2.75) is 60.3 Å². The lowest BCUT2D eigenvalue weighted by Crippen LogP contribution is -2.30. The molecule has 0 aliphatic carbocycles. The molecule has 0 fully saturated rings. The fraction of sp³-hybridized carbons (Fsp3) is 0.462. The van der Waals surface area contributed by atoms with Crippen LogP contribution in [0.4, 0.5) is 0 Å². The fourth-order valence-electron chi connectivity index (χ4n) is 4.39. The molecular weight excluding hydrogens is 374 g/mol. The van der Waals surface area contributed by atoms with E-state index in [-0.39, 0.29) is 17.1 Å². The molecule has 1 N–H and O–H groups in total. The molecule has 1 heterocycles. The summed E-state index contributed by atoms with van der Waals surface area (Å²) in [7, 11) is 0. The van der Waals surface area contributed by atoms with E-state index in [1.54, 1.807) is 6.07 Å². The maximum Gasteiger partial charge on any atom is 0.239 e. The number of nitrogens with zero attached hydrogens (tertiary/aromatic N) is 1. The lowest BCUT2D eigenvalue weighted by molar-refractivity contribution is -0.117. The normalized spacial score (nSPS) is 15.5. The minimum absolute atomic E-state index is 0.0933. The Morgan fingerprint density at radius 3 is 2.57 bits per heavy atom. The molecule has 4 heteroatoms. The summed E-state index contributed by atoms with van der Waals surface area (Å²) >= 11 is 0. The molecule has 0 bridgehead atoms. The molecule has 0 saturated heterocycles. The lowest BCUT2D eigenvalue weighted by atomic mass is 9.68. The zero-order valence-corrected chi connectivity index (χ0v) is 18.8. The number of carbonyl (C=O) groups is 1. The van der Waals surface area contributed by atoms with Crippen molar-refractivity contribution in [1.82, 2.24) is 0 Å². The van der Waals surface area contributed by atoms with E-state index >= 15 is 0 Å². The van der Waals surface area contributed by atoms with Crippen molar-refractivity contribution in [3.63, 3.8) is 0 Å². The van der Waals surface area contributed by atoms with Gasteiger partial charge in [-0.3, -0.25) is 4.79 Å². The number of benzene rings is 2. The zero-order chi connectivity index (χ0) is 22.2. The molecule has 30 heavy (non-hydrogen) atoms. The first-order valence-corrected chi connectivity index (χ1v) is 10.6. The van der Waals surface area contributed by atoms with E-state index in [2.05, 4.69) is 26.8 Å². The first-order chi connectivity index (χ1) is 14.1. The van der Waals surface area contributed by atoms with Crippen LogP contribution in [0, 0.1) is 36.5 Å². The van der Waals surface area contributed by atoms with E-state index in [0.29, 0.717) is 5.56 Å². The number of ether oxygens (including phenoxy) is 1. The predicted octanol–water partition coefficient (Wildman–Crippen LogP) is 5.86. The number of nitriles is 1. The third kappa shape index (κ3) is 3.94. The quantitative estimate of drug-likeness (QED) is 0.647. The van der Waals surface area contributed by atoms with Crippen LogP contribution in [0.15, 0.2) is 24.3 Å². The van der Waals surface area contributed by atoms with E-state index < -0.39 is 11.7 Å². The Hall–Kier alpha value is -2.80. The van der Waals surface area contributed by atoms with Gasteiger partial charge in [0.05, 0.1) is 12.5 Å². The van der Waals surface area contributed by atoms with E-state index in [0.717, 1.165) is 53.0 Å². The number of carbonyl (C=O) groups excluding carboxylic acids is 1. The Bertz CT molecular complexity index is 1020. The topological polar surface area (TPSA) is 70.3 Å². The summed E-state index contributed by atoms with van der Waals surface area (Å²) in [5.41, 5.74) is 5.20. The number of aromatic hydroxyl groups is 1. The number of fused-ring (bicyclic) bond motifs is 1. The highest BCUT2D eigenvalue weighted by molar-refractivity contribution is 6.01. The Balaban J connectivity index is 2.31. The second-order valence-electron chi connectivity index (χ2n) is 9.51. The van der Waals surface area contributed by atoms with Crippen LogP contribution < -0.4 is 4.74 Å². The Labute approximate surface area is 179 Å². The minimum atomic E-state index is -0.622. The summed E-state index contributed by atoms with van der Waals surface area (Å²) in [6, 6.07) is 9.76. The molecule has 1 aliphatic rings. The molecule has 3 rings (SSSR count). The van der Waals surface area contributed by atoms with Crippen LogP contribution in [0.2, 0.25) is 0 Å². The molecule has 0 radical (unpaired) electrons. The van der Waals surface area contributed by atoms with E-state index in [9.17, 15) is 15.2 Å². The molecule has 0 saturated carbocycles. The van der Waals surface area contributed by atoms with Gasteiger partial charge in [-0.05, 0) is 89.6 Å². The predicted molar refractivity (Wildman–Crippen MR) is 119 cm³/mol. The van der Waals surface area contributed by atoms with Gasteiger partial charge in [0.25, 0.3) is 0 Å². The lowest BCUT2D eigenvalue weighted by Gasteiger charge is -2.35. The Morgan fingerprint density at radius 2 is 1.93 bits per heavy atom. The number of hydrogen-bond acceptors (Lipinski definition) is 4. The van der Waals surface area contributed by atoms with E-state index in [1.807, 2.05) is 39.0 Å². The molecule has 4 nitrogen and oxygen atoms in total. The van der Waals surface area contributed by atoms with Crippen LogP contribution in [0.1, 0.15) is 62.3 Å². The maximum atomic E-state index is 12.9. The number of ketones is 1. The van der Waals surface area contributed by atoms with E-state index in [4.69, 9.17) is 4.74 Å². The Kier molecular flexibility index (Phi) is 5.94. The molecule has 0 aromatic heterocycles. The first kappa shape index (κ1) is 21.9. The molecular formula is C26H31NO3. The van der Waals surface area contributed by atoms with Crippen molar-refractivity contribution in [2.24, 2.45) is 11.3 Å².